The molecule has 0 fully saturated rings. The Labute approximate surface area is 85.3 Å². The SMILES string of the molecule is CNc1nc2c(c3n[nH]c(=O)n13)CCC2. The molecule has 0 amide bonds. The molecular formula is C9H11N5O. The Morgan fingerprint density at radius 2 is 2.33 bits per heavy atom. The van der Waals surface area contributed by atoms with E-state index in [1.165, 1.54) is 4.40 Å². The number of hydrogen-bond donors (Lipinski definition) is 2. The van der Waals surface area contributed by atoms with Crippen molar-refractivity contribution >= 4 is 11.6 Å². The number of nitrogens with one attached hydrogen (secondary N) is 2. The summed E-state index contributed by atoms with van der Waals surface area (Å²) in [6.45, 7) is 0. The first-order chi connectivity index (χ1) is 7.31. The van der Waals surface area contributed by atoms with Crippen LogP contribution in [0.1, 0.15) is 17.7 Å². The number of fused-ring (bicyclic) bond motifs is 3. The Balaban J connectivity index is 2.48. The van der Waals surface area contributed by atoms with Crippen molar-refractivity contribution in [3.05, 3.63) is 21.7 Å². The Kier molecular flexibility index (Phi) is 1.59. The van der Waals surface area contributed by atoms with E-state index in [1.807, 2.05) is 0 Å². The van der Waals surface area contributed by atoms with Gasteiger partial charge < -0.3 is 5.32 Å². The molecule has 2 aromatic rings. The number of aromatic nitrogens is 4. The van der Waals surface area contributed by atoms with Crippen LogP contribution in [-0.2, 0) is 12.8 Å². The van der Waals surface area contributed by atoms with E-state index in [2.05, 4.69) is 20.5 Å². The van der Waals surface area contributed by atoms with Gasteiger partial charge >= 0.3 is 5.69 Å². The van der Waals surface area contributed by atoms with Crippen LogP contribution < -0.4 is 11.0 Å². The smallest absolute Gasteiger partial charge is 0.350 e. The second-order valence-corrected chi connectivity index (χ2v) is 3.65. The number of aryl methyl sites for hydroxylation is 2. The van der Waals surface area contributed by atoms with Crippen molar-refractivity contribution < 1.29 is 0 Å². The summed E-state index contributed by atoms with van der Waals surface area (Å²) in [5.74, 6) is 0.560. The van der Waals surface area contributed by atoms with Gasteiger partial charge in [-0.1, -0.05) is 0 Å². The van der Waals surface area contributed by atoms with Crippen LogP contribution in [0.15, 0.2) is 4.79 Å². The van der Waals surface area contributed by atoms with E-state index in [-0.39, 0.29) is 5.69 Å². The summed E-state index contributed by atoms with van der Waals surface area (Å²) in [5.41, 5.74) is 2.64. The molecule has 15 heavy (non-hydrogen) atoms. The Morgan fingerprint density at radius 1 is 1.47 bits per heavy atom. The largest absolute Gasteiger partial charge is 0.358 e. The third-order valence-electron chi connectivity index (χ3n) is 2.81. The molecule has 2 N–H and O–H groups in total. The van der Waals surface area contributed by atoms with Gasteiger partial charge in [-0.2, -0.15) is 5.10 Å². The van der Waals surface area contributed by atoms with Crippen molar-refractivity contribution in [2.24, 2.45) is 0 Å². The zero-order valence-electron chi connectivity index (χ0n) is 8.37. The topological polar surface area (TPSA) is 75.1 Å². The number of aromatic amines is 1. The van der Waals surface area contributed by atoms with E-state index in [4.69, 9.17) is 0 Å². The van der Waals surface area contributed by atoms with Crippen LogP contribution in [0.4, 0.5) is 5.95 Å². The van der Waals surface area contributed by atoms with Gasteiger partial charge in [0, 0.05) is 12.6 Å². The molecule has 0 saturated heterocycles. The first-order valence-corrected chi connectivity index (χ1v) is 4.98. The van der Waals surface area contributed by atoms with E-state index < -0.39 is 0 Å². The standard InChI is InChI=1S/C9H11N5O/c1-10-8-11-6-4-2-3-5(6)7-12-13-9(15)14(7)8/h2-4H2,1H3,(H,10,11)(H,13,15). The zero-order valence-corrected chi connectivity index (χ0v) is 8.37. The number of H-pyrrole nitrogens is 1. The van der Waals surface area contributed by atoms with Gasteiger partial charge in [0.25, 0.3) is 0 Å². The maximum Gasteiger partial charge on any atom is 0.350 e. The summed E-state index contributed by atoms with van der Waals surface area (Å²) in [5, 5.41) is 9.42. The highest BCUT2D eigenvalue weighted by molar-refractivity contribution is 5.55. The van der Waals surface area contributed by atoms with E-state index >= 15 is 0 Å². The van der Waals surface area contributed by atoms with Gasteiger partial charge in [-0.3, -0.25) is 0 Å². The van der Waals surface area contributed by atoms with Gasteiger partial charge in [-0.05, 0) is 19.3 Å². The molecule has 0 unspecified atom stereocenters. The van der Waals surface area contributed by atoms with Gasteiger partial charge in [-0.25, -0.2) is 19.3 Å². The van der Waals surface area contributed by atoms with Crippen LogP contribution in [-0.4, -0.2) is 26.6 Å². The average molecular weight is 205 g/mol. The first kappa shape index (κ1) is 8.46. The molecule has 2 aromatic heterocycles. The molecule has 0 aromatic carbocycles. The molecule has 1 aliphatic carbocycles. The number of nitrogens with zero attached hydrogens (tertiary/aromatic N) is 3. The summed E-state index contributed by atoms with van der Waals surface area (Å²) in [6, 6.07) is 0. The van der Waals surface area contributed by atoms with Crippen LogP contribution in [0.2, 0.25) is 0 Å². The predicted molar refractivity (Wildman–Crippen MR) is 55.2 cm³/mol. The van der Waals surface area contributed by atoms with Crippen molar-refractivity contribution in [2.75, 3.05) is 12.4 Å². The minimum atomic E-state index is -0.239. The predicted octanol–water partition coefficient (Wildman–Crippen LogP) is -0.0520. The fourth-order valence-electron chi connectivity index (χ4n) is 2.13. The minimum Gasteiger partial charge on any atom is -0.358 e. The second-order valence-electron chi connectivity index (χ2n) is 3.65. The molecule has 0 saturated carbocycles. The highest BCUT2D eigenvalue weighted by Gasteiger charge is 2.20. The van der Waals surface area contributed by atoms with Gasteiger partial charge in [-0.15, -0.1) is 0 Å². The summed E-state index contributed by atoms with van der Waals surface area (Å²) in [4.78, 5) is 15.9. The molecule has 1 aliphatic rings. The highest BCUT2D eigenvalue weighted by Crippen LogP contribution is 2.24. The van der Waals surface area contributed by atoms with Crippen LogP contribution in [0, 0.1) is 0 Å². The van der Waals surface area contributed by atoms with Gasteiger partial charge in [0.05, 0.1) is 5.69 Å². The second kappa shape index (κ2) is 2.82. The third-order valence-corrected chi connectivity index (χ3v) is 2.81. The highest BCUT2D eigenvalue weighted by atomic mass is 16.1. The molecule has 78 valence electrons. The molecule has 0 aliphatic heterocycles. The van der Waals surface area contributed by atoms with E-state index in [9.17, 15) is 4.79 Å². The van der Waals surface area contributed by atoms with Crippen LogP contribution in [0.3, 0.4) is 0 Å². The summed E-state index contributed by atoms with van der Waals surface area (Å²) >= 11 is 0. The molecule has 0 atom stereocenters. The van der Waals surface area contributed by atoms with E-state index in [0.717, 1.165) is 30.5 Å². The van der Waals surface area contributed by atoms with Crippen molar-refractivity contribution in [1.82, 2.24) is 19.6 Å². The van der Waals surface area contributed by atoms with Gasteiger partial charge in [0.1, 0.15) is 0 Å². The van der Waals surface area contributed by atoms with Gasteiger partial charge in [0.15, 0.2) is 5.65 Å². The van der Waals surface area contributed by atoms with E-state index in [1.54, 1.807) is 7.05 Å². The molecule has 6 heteroatoms. The lowest BCUT2D eigenvalue weighted by Crippen LogP contribution is -2.15. The van der Waals surface area contributed by atoms with Crippen molar-refractivity contribution in [3.8, 4) is 0 Å². The van der Waals surface area contributed by atoms with Crippen molar-refractivity contribution in [2.45, 2.75) is 19.3 Å². The molecule has 6 nitrogen and oxygen atoms in total. The molecule has 0 radical (unpaired) electrons. The van der Waals surface area contributed by atoms with Crippen molar-refractivity contribution in [3.63, 3.8) is 0 Å². The Hall–Kier alpha value is -1.85. The van der Waals surface area contributed by atoms with E-state index in [0.29, 0.717) is 11.6 Å². The molecule has 2 heterocycles. The summed E-state index contributed by atoms with van der Waals surface area (Å²) in [6.07, 6.45) is 3.02. The molecule has 0 spiro atoms. The fourth-order valence-corrected chi connectivity index (χ4v) is 2.13. The fraction of sp³-hybridized carbons (Fsp3) is 0.444. The first-order valence-electron chi connectivity index (χ1n) is 4.98. The minimum absolute atomic E-state index is 0.239. The quantitative estimate of drug-likeness (QED) is 0.684. The molecule has 0 bridgehead atoms. The van der Waals surface area contributed by atoms with Crippen LogP contribution >= 0.6 is 0 Å². The molecule has 3 rings (SSSR count). The molecular weight excluding hydrogens is 194 g/mol. The maximum atomic E-state index is 11.5. The lowest BCUT2D eigenvalue weighted by Gasteiger charge is -2.05. The van der Waals surface area contributed by atoms with Crippen LogP contribution in [0.25, 0.3) is 5.65 Å². The lowest BCUT2D eigenvalue weighted by atomic mass is 10.2. The number of anilines is 1. The number of hydrogen-bond acceptors (Lipinski definition) is 4. The third kappa shape index (κ3) is 1.01. The lowest BCUT2D eigenvalue weighted by molar-refractivity contribution is 0.897. The Morgan fingerprint density at radius 3 is 3.13 bits per heavy atom. The average Bonchev–Trinajstić information content (AvgIpc) is 2.83. The normalized spacial score (nSPS) is 14.5. The number of rotatable bonds is 1. The zero-order chi connectivity index (χ0) is 10.4. The maximum absolute atomic E-state index is 11.5. The Bertz CT molecular complexity index is 582. The van der Waals surface area contributed by atoms with Gasteiger partial charge in [0.2, 0.25) is 5.95 Å². The summed E-state index contributed by atoms with van der Waals surface area (Å²) < 4.78 is 1.49. The van der Waals surface area contributed by atoms with Crippen molar-refractivity contribution in [1.29, 1.82) is 0 Å². The van der Waals surface area contributed by atoms with Crippen LogP contribution in [0.5, 0.6) is 0 Å². The monoisotopic (exact) mass is 205 g/mol. The summed E-state index contributed by atoms with van der Waals surface area (Å²) in [7, 11) is 1.75.